The number of esters is 1. The average Bonchev–Trinajstić information content (AvgIpc) is 2.75. The van der Waals surface area contributed by atoms with Gasteiger partial charge in [-0.2, -0.15) is 0 Å². The molecule has 0 aromatic heterocycles. The Morgan fingerprint density at radius 2 is 1.79 bits per heavy atom. The second kappa shape index (κ2) is 9.35. The zero-order valence-electron chi connectivity index (χ0n) is 19.2. The van der Waals surface area contributed by atoms with E-state index in [-0.39, 0.29) is 23.6 Å². The van der Waals surface area contributed by atoms with Crippen LogP contribution in [0.1, 0.15) is 53.5 Å². The first kappa shape index (κ1) is 24.4. The number of aryl methyl sites for hydroxylation is 1. The van der Waals surface area contributed by atoms with Crippen molar-refractivity contribution in [2.24, 2.45) is 5.41 Å². The van der Waals surface area contributed by atoms with Crippen LogP contribution in [0.5, 0.6) is 0 Å². The lowest BCUT2D eigenvalue weighted by Gasteiger charge is -2.29. The molecule has 0 atom stereocenters. The number of nitrogens with one attached hydrogen (secondary N) is 1. The first-order valence-electron chi connectivity index (χ1n) is 10.6. The lowest BCUT2D eigenvalue weighted by Crippen LogP contribution is -2.34. The van der Waals surface area contributed by atoms with Crippen molar-refractivity contribution in [2.75, 3.05) is 29.0 Å². The van der Waals surface area contributed by atoms with E-state index in [0.717, 1.165) is 11.8 Å². The van der Waals surface area contributed by atoms with Gasteiger partial charge in [0.1, 0.15) is 0 Å². The van der Waals surface area contributed by atoms with Crippen LogP contribution in [0, 0.1) is 5.41 Å². The number of carbonyl (C=O) groups excluding carboxylic acids is 3. The fourth-order valence-electron chi connectivity index (χ4n) is 3.44. The molecule has 2 aromatic rings. The van der Waals surface area contributed by atoms with Gasteiger partial charge in [-0.15, -0.1) is 0 Å². The molecule has 176 valence electrons. The van der Waals surface area contributed by atoms with Crippen molar-refractivity contribution in [3.05, 3.63) is 59.2 Å². The number of ketones is 1. The van der Waals surface area contributed by atoms with Crippen LogP contribution >= 0.6 is 0 Å². The van der Waals surface area contributed by atoms with Crippen LogP contribution in [-0.4, -0.2) is 45.5 Å². The molecule has 0 saturated carbocycles. The first-order valence-corrected chi connectivity index (χ1v) is 12.4. The summed E-state index contributed by atoms with van der Waals surface area (Å²) in [5, 5.41) is 2.72. The van der Waals surface area contributed by atoms with Crippen LogP contribution < -0.4 is 9.62 Å². The van der Waals surface area contributed by atoms with Gasteiger partial charge in [0.2, 0.25) is 10.0 Å². The molecule has 3 rings (SSSR count). The third-order valence-electron chi connectivity index (χ3n) is 5.38. The van der Waals surface area contributed by atoms with E-state index in [2.05, 4.69) is 5.32 Å². The summed E-state index contributed by atoms with van der Waals surface area (Å²) in [4.78, 5) is 37.5. The first-order chi connectivity index (χ1) is 15.4. The summed E-state index contributed by atoms with van der Waals surface area (Å²) in [5.74, 6) is -1.37. The molecule has 0 unspecified atom stereocenters. The third-order valence-corrected chi connectivity index (χ3v) is 6.56. The predicted octanol–water partition coefficient (Wildman–Crippen LogP) is 3.42. The van der Waals surface area contributed by atoms with Gasteiger partial charge < -0.3 is 10.1 Å². The van der Waals surface area contributed by atoms with E-state index in [4.69, 9.17) is 4.74 Å². The van der Waals surface area contributed by atoms with Crippen molar-refractivity contribution >= 4 is 39.1 Å². The second-order valence-electron chi connectivity index (χ2n) is 9.03. The molecule has 0 aliphatic carbocycles. The number of hydrogen-bond donors (Lipinski definition) is 1. The highest BCUT2D eigenvalue weighted by Crippen LogP contribution is 2.30. The standard InChI is InChI=1S/C24H28N2O6S/c1-24(2,3)21(27)15-32-23(29)18-9-5-6-10-19(18)25-22(28)17-11-12-20-16(14-17)8-7-13-26(20)33(4,30)31/h5-6,9-12,14H,7-8,13,15H2,1-4H3,(H,25,28). The highest BCUT2D eigenvalue weighted by Gasteiger charge is 2.26. The van der Waals surface area contributed by atoms with Crippen LogP contribution in [0.15, 0.2) is 42.5 Å². The Labute approximate surface area is 194 Å². The SMILES string of the molecule is CC(C)(C)C(=O)COC(=O)c1ccccc1NC(=O)c1ccc2c(c1)CCCN2S(C)(=O)=O. The molecule has 1 heterocycles. The lowest BCUT2D eigenvalue weighted by molar-refractivity contribution is -0.129. The minimum absolute atomic E-state index is 0.133. The maximum absolute atomic E-state index is 12.9. The maximum Gasteiger partial charge on any atom is 0.340 e. The fraction of sp³-hybridized carbons (Fsp3) is 0.375. The minimum Gasteiger partial charge on any atom is -0.454 e. The normalized spacial score (nSPS) is 13.8. The Morgan fingerprint density at radius 3 is 2.45 bits per heavy atom. The van der Waals surface area contributed by atoms with Crippen LogP contribution in [0.25, 0.3) is 0 Å². The third kappa shape index (κ3) is 5.78. The number of rotatable bonds is 6. The van der Waals surface area contributed by atoms with Crippen molar-refractivity contribution in [2.45, 2.75) is 33.6 Å². The van der Waals surface area contributed by atoms with Gasteiger partial charge in [-0.25, -0.2) is 13.2 Å². The zero-order valence-corrected chi connectivity index (χ0v) is 20.0. The van der Waals surface area contributed by atoms with Gasteiger partial charge >= 0.3 is 5.97 Å². The Kier molecular flexibility index (Phi) is 6.92. The van der Waals surface area contributed by atoms with E-state index in [9.17, 15) is 22.8 Å². The minimum atomic E-state index is -3.40. The fourth-order valence-corrected chi connectivity index (χ4v) is 4.43. The molecule has 0 radical (unpaired) electrons. The Morgan fingerprint density at radius 1 is 1.09 bits per heavy atom. The van der Waals surface area contributed by atoms with Crippen LogP contribution in [-0.2, 0) is 26.0 Å². The van der Waals surface area contributed by atoms with Gasteiger partial charge in [-0.3, -0.25) is 13.9 Å². The smallest absolute Gasteiger partial charge is 0.340 e. The zero-order chi connectivity index (χ0) is 24.4. The van der Waals surface area contributed by atoms with Crippen LogP contribution in [0.3, 0.4) is 0 Å². The second-order valence-corrected chi connectivity index (χ2v) is 10.9. The number of fused-ring (bicyclic) bond motifs is 1. The molecule has 0 spiro atoms. The lowest BCUT2D eigenvalue weighted by atomic mass is 9.91. The summed E-state index contributed by atoms with van der Waals surface area (Å²) in [6.45, 7) is 5.28. The predicted molar refractivity (Wildman–Crippen MR) is 126 cm³/mol. The molecular weight excluding hydrogens is 444 g/mol. The quantitative estimate of drug-likeness (QED) is 0.645. The molecule has 8 nitrogen and oxygen atoms in total. The molecule has 2 aromatic carbocycles. The monoisotopic (exact) mass is 472 g/mol. The number of para-hydroxylation sites is 1. The number of anilines is 2. The molecule has 33 heavy (non-hydrogen) atoms. The number of ether oxygens (including phenoxy) is 1. The highest BCUT2D eigenvalue weighted by molar-refractivity contribution is 7.92. The van der Waals surface area contributed by atoms with Gasteiger partial charge in [0.05, 0.1) is 23.2 Å². The number of benzene rings is 2. The molecule has 0 bridgehead atoms. The van der Waals surface area contributed by atoms with Crippen molar-refractivity contribution in [1.29, 1.82) is 0 Å². The topological polar surface area (TPSA) is 110 Å². The number of hydrogen-bond acceptors (Lipinski definition) is 6. The number of amides is 1. The Hall–Kier alpha value is -3.20. The number of carbonyl (C=O) groups is 3. The van der Waals surface area contributed by atoms with Gasteiger partial charge in [-0.05, 0) is 48.7 Å². The van der Waals surface area contributed by atoms with Gasteiger partial charge in [-0.1, -0.05) is 32.9 Å². The molecule has 0 saturated heterocycles. The summed E-state index contributed by atoms with van der Waals surface area (Å²) >= 11 is 0. The van der Waals surface area contributed by atoms with Crippen LogP contribution in [0.4, 0.5) is 11.4 Å². The van der Waals surface area contributed by atoms with Crippen molar-refractivity contribution in [3.63, 3.8) is 0 Å². The Bertz CT molecular complexity index is 1200. The summed E-state index contributed by atoms with van der Waals surface area (Å²) in [6.07, 6.45) is 2.48. The highest BCUT2D eigenvalue weighted by atomic mass is 32.2. The molecule has 0 fully saturated rings. The van der Waals surface area contributed by atoms with E-state index < -0.39 is 27.3 Å². The molecule has 1 aliphatic heterocycles. The van der Waals surface area contributed by atoms with Gasteiger partial charge in [0, 0.05) is 17.5 Å². The maximum atomic E-state index is 12.9. The number of sulfonamides is 1. The number of Topliss-reactive ketones (excluding diaryl/α,β-unsaturated/α-hetero) is 1. The summed E-state index contributed by atoms with van der Waals surface area (Å²) in [7, 11) is -3.40. The largest absolute Gasteiger partial charge is 0.454 e. The van der Waals surface area contributed by atoms with E-state index >= 15 is 0 Å². The molecule has 1 aliphatic rings. The van der Waals surface area contributed by atoms with Crippen molar-refractivity contribution in [1.82, 2.24) is 0 Å². The van der Waals surface area contributed by atoms with E-state index in [1.165, 1.54) is 10.4 Å². The summed E-state index contributed by atoms with van der Waals surface area (Å²) in [5.41, 5.74) is 1.45. The van der Waals surface area contributed by atoms with Gasteiger partial charge in [0.15, 0.2) is 12.4 Å². The average molecular weight is 473 g/mol. The van der Waals surface area contributed by atoms with Crippen molar-refractivity contribution < 1.29 is 27.5 Å². The molecule has 1 N–H and O–H groups in total. The molecule has 9 heteroatoms. The Balaban J connectivity index is 1.78. The van der Waals surface area contributed by atoms with Gasteiger partial charge in [0.25, 0.3) is 5.91 Å². The summed E-state index contributed by atoms with van der Waals surface area (Å²) < 4.78 is 30.6. The van der Waals surface area contributed by atoms with Crippen molar-refractivity contribution in [3.8, 4) is 0 Å². The molecular formula is C24H28N2O6S. The number of nitrogens with zero attached hydrogens (tertiary/aromatic N) is 1. The van der Waals surface area contributed by atoms with Crippen LogP contribution in [0.2, 0.25) is 0 Å². The van der Waals surface area contributed by atoms with E-state index in [0.29, 0.717) is 30.6 Å². The summed E-state index contributed by atoms with van der Waals surface area (Å²) in [6, 6.07) is 11.2. The van der Waals surface area contributed by atoms with E-state index in [1.807, 2.05) is 0 Å². The van der Waals surface area contributed by atoms with E-state index in [1.54, 1.807) is 57.2 Å². The molecule has 1 amide bonds.